The topological polar surface area (TPSA) is 99.9 Å². The molecule has 20 heavy (non-hydrogen) atoms. The monoisotopic (exact) mass is 282 g/mol. The lowest BCUT2D eigenvalue weighted by Crippen LogP contribution is -2.47. The third-order valence-electron chi connectivity index (χ3n) is 2.68. The highest BCUT2D eigenvalue weighted by Crippen LogP contribution is 2.23. The Bertz CT molecular complexity index is 481. The molecule has 1 saturated heterocycles. The molecule has 2 atom stereocenters. The van der Waals surface area contributed by atoms with E-state index >= 15 is 0 Å². The summed E-state index contributed by atoms with van der Waals surface area (Å²) in [5, 5.41) is 10.5. The minimum atomic E-state index is -0.721. The van der Waals surface area contributed by atoms with Gasteiger partial charge in [0.2, 0.25) is 6.29 Å². The van der Waals surface area contributed by atoms with E-state index in [1.165, 1.54) is 24.3 Å². The van der Waals surface area contributed by atoms with Crippen molar-refractivity contribution in [3.63, 3.8) is 0 Å². The van der Waals surface area contributed by atoms with Crippen LogP contribution in [-0.4, -0.2) is 30.1 Å². The summed E-state index contributed by atoms with van der Waals surface area (Å²) in [4.78, 5) is 26.7. The van der Waals surface area contributed by atoms with Gasteiger partial charge in [0, 0.05) is 17.7 Å². The van der Waals surface area contributed by atoms with Crippen molar-refractivity contribution in [2.24, 2.45) is 0 Å². The number of hydroxylamine groups is 1. The first-order valence-corrected chi connectivity index (χ1v) is 6.05. The molecule has 0 radical (unpaired) electrons. The summed E-state index contributed by atoms with van der Waals surface area (Å²) in [7, 11) is 0. The third kappa shape index (κ3) is 3.29. The van der Waals surface area contributed by atoms with Gasteiger partial charge in [0.1, 0.15) is 0 Å². The molecule has 1 aromatic carbocycles. The predicted molar refractivity (Wildman–Crippen MR) is 66.4 cm³/mol. The molecular weight excluding hydrogens is 268 g/mol. The van der Waals surface area contributed by atoms with Gasteiger partial charge in [0.15, 0.2) is 6.04 Å². The number of nitro benzene ring substituents is 1. The molecule has 0 bridgehead atoms. The molecular formula is C12H14N2O6. The normalized spacial score (nSPS) is 22.2. The quantitative estimate of drug-likeness (QED) is 0.501. The van der Waals surface area contributed by atoms with E-state index in [4.69, 9.17) is 14.3 Å². The van der Waals surface area contributed by atoms with Crippen LogP contribution in [-0.2, 0) is 19.1 Å². The lowest BCUT2D eigenvalue weighted by molar-refractivity contribution is -0.384. The van der Waals surface area contributed by atoms with E-state index in [9.17, 15) is 14.9 Å². The van der Waals surface area contributed by atoms with E-state index in [2.05, 4.69) is 5.48 Å². The van der Waals surface area contributed by atoms with Gasteiger partial charge in [-0.25, -0.2) is 0 Å². The molecule has 8 nitrogen and oxygen atoms in total. The second-order valence-electron chi connectivity index (χ2n) is 4.05. The Labute approximate surface area is 114 Å². The van der Waals surface area contributed by atoms with Crippen molar-refractivity contribution in [1.29, 1.82) is 0 Å². The Morgan fingerprint density at radius 3 is 2.70 bits per heavy atom. The molecule has 1 aromatic rings. The summed E-state index contributed by atoms with van der Waals surface area (Å²) in [6.07, 6.45) is -0.721. The zero-order valence-corrected chi connectivity index (χ0v) is 10.8. The molecule has 1 aliphatic rings. The number of hydrogen-bond donors (Lipinski definition) is 1. The number of rotatable bonds is 4. The van der Waals surface area contributed by atoms with E-state index in [1.807, 2.05) is 0 Å². The fourth-order valence-corrected chi connectivity index (χ4v) is 1.67. The van der Waals surface area contributed by atoms with Crippen LogP contribution in [0.3, 0.4) is 0 Å². The summed E-state index contributed by atoms with van der Waals surface area (Å²) >= 11 is 0. The molecule has 0 aliphatic carbocycles. The fourth-order valence-electron chi connectivity index (χ4n) is 1.67. The van der Waals surface area contributed by atoms with Gasteiger partial charge >= 0.3 is 5.97 Å². The summed E-state index contributed by atoms with van der Waals surface area (Å²) in [6, 6.07) is 5.12. The molecule has 0 amide bonds. The first-order valence-electron chi connectivity index (χ1n) is 6.05. The Hall–Kier alpha value is -2.03. The first-order chi connectivity index (χ1) is 9.61. The van der Waals surface area contributed by atoms with E-state index in [0.717, 1.165) is 0 Å². The van der Waals surface area contributed by atoms with Gasteiger partial charge in [0.25, 0.3) is 5.69 Å². The van der Waals surface area contributed by atoms with Crippen molar-refractivity contribution in [2.45, 2.75) is 19.3 Å². The summed E-state index contributed by atoms with van der Waals surface area (Å²) in [5.74, 6) is -0.449. The summed E-state index contributed by atoms with van der Waals surface area (Å²) in [5.41, 5.74) is 3.16. The lowest BCUT2D eigenvalue weighted by Gasteiger charge is -2.28. The number of esters is 1. The van der Waals surface area contributed by atoms with Crippen molar-refractivity contribution in [2.75, 3.05) is 13.2 Å². The van der Waals surface area contributed by atoms with Crippen molar-refractivity contribution in [1.82, 2.24) is 5.48 Å². The van der Waals surface area contributed by atoms with Crippen LogP contribution in [0.5, 0.6) is 0 Å². The number of nitrogens with one attached hydrogen (secondary N) is 1. The molecule has 0 aromatic heterocycles. The number of nitrogens with zero attached hydrogens (tertiary/aromatic N) is 1. The zero-order chi connectivity index (χ0) is 14.5. The smallest absolute Gasteiger partial charge is 0.327 e. The van der Waals surface area contributed by atoms with Gasteiger partial charge in [-0.3, -0.25) is 19.7 Å². The van der Waals surface area contributed by atoms with Gasteiger partial charge in [-0.05, 0) is 19.1 Å². The Morgan fingerprint density at radius 2 is 2.20 bits per heavy atom. The number of nitro groups is 1. The lowest BCUT2D eigenvalue weighted by atomic mass is 10.2. The van der Waals surface area contributed by atoms with Crippen LogP contribution in [0, 0.1) is 10.1 Å². The van der Waals surface area contributed by atoms with Crippen LogP contribution in [0.4, 0.5) is 5.69 Å². The van der Waals surface area contributed by atoms with Crippen LogP contribution in [0.25, 0.3) is 0 Å². The molecule has 1 aliphatic heterocycles. The molecule has 108 valence electrons. The summed E-state index contributed by atoms with van der Waals surface area (Å²) < 4.78 is 10.2. The number of ether oxygens (including phenoxy) is 2. The molecule has 1 N–H and O–H groups in total. The van der Waals surface area contributed by atoms with Crippen LogP contribution in [0.15, 0.2) is 24.3 Å². The predicted octanol–water partition coefficient (Wildman–Crippen LogP) is 1.08. The van der Waals surface area contributed by atoms with E-state index < -0.39 is 23.2 Å². The van der Waals surface area contributed by atoms with Crippen LogP contribution in [0.2, 0.25) is 0 Å². The third-order valence-corrected chi connectivity index (χ3v) is 2.68. The molecule has 2 rings (SSSR count). The van der Waals surface area contributed by atoms with Crippen LogP contribution in [0.1, 0.15) is 18.8 Å². The number of carbonyl (C=O) groups is 1. The minimum absolute atomic E-state index is 0.0121. The van der Waals surface area contributed by atoms with Crippen molar-refractivity contribution in [3.8, 4) is 0 Å². The molecule has 1 heterocycles. The van der Waals surface area contributed by atoms with E-state index in [0.29, 0.717) is 5.56 Å². The average molecular weight is 282 g/mol. The second-order valence-corrected chi connectivity index (χ2v) is 4.05. The van der Waals surface area contributed by atoms with Crippen molar-refractivity contribution >= 4 is 11.7 Å². The van der Waals surface area contributed by atoms with E-state index in [1.54, 1.807) is 6.92 Å². The standard InChI is InChI=1S/C12H14N2O6/c1-2-18-11(15)10-7-19-12(20-13-10)8-3-5-9(6-4-8)14(16)17/h3-6,10,12-13H,2,7H2,1H3/t10-,12?/m0/s1. The number of carbonyl (C=O) groups excluding carboxylic acids is 1. The Balaban J connectivity index is 1.93. The van der Waals surface area contributed by atoms with E-state index in [-0.39, 0.29) is 18.9 Å². The number of benzene rings is 1. The Kier molecular flexibility index (Phi) is 4.61. The minimum Gasteiger partial charge on any atom is -0.465 e. The highest BCUT2D eigenvalue weighted by molar-refractivity contribution is 5.75. The molecule has 8 heteroatoms. The number of non-ortho nitro benzene ring substituents is 1. The highest BCUT2D eigenvalue weighted by atomic mass is 16.8. The van der Waals surface area contributed by atoms with Crippen molar-refractivity contribution in [3.05, 3.63) is 39.9 Å². The largest absolute Gasteiger partial charge is 0.465 e. The second kappa shape index (κ2) is 6.42. The molecule has 1 fully saturated rings. The van der Waals surface area contributed by atoms with Gasteiger partial charge < -0.3 is 9.47 Å². The maximum absolute atomic E-state index is 11.4. The van der Waals surface area contributed by atoms with Gasteiger partial charge in [-0.2, -0.15) is 5.48 Å². The van der Waals surface area contributed by atoms with Crippen LogP contribution < -0.4 is 5.48 Å². The van der Waals surface area contributed by atoms with Gasteiger partial charge in [-0.1, -0.05) is 0 Å². The average Bonchev–Trinajstić information content (AvgIpc) is 2.48. The van der Waals surface area contributed by atoms with Crippen LogP contribution >= 0.6 is 0 Å². The summed E-state index contributed by atoms with van der Waals surface area (Å²) in [6.45, 7) is 2.09. The highest BCUT2D eigenvalue weighted by Gasteiger charge is 2.29. The maximum Gasteiger partial charge on any atom is 0.327 e. The van der Waals surface area contributed by atoms with Gasteiger partial charge in [-0.15, -0.1) is 0 Å². The zero-order valence-electron chi connectivity index (χ0n) is 10.8. The van der Waals surface area contributed by atoms with Crippen molar-refractivity contribution < 1.29 is 24.0 Å². The molecule has 0 saturated carbocycles. The molecule has 1 unspecified atom stereocenters. The number of hydrogen-bond acceptors (Lipinski definition) is 7. The fraction of sp³-hybridized carbons (Fsp3) is 0.417. The van der Waals surface area contributed by atoms with Gasteiger partial charge in [0.05, 0.1) is 18.1 Å². The molecule has 0 spiro atoms. The Morgan fingerprint density at radius 1 is 1.50 bits per heavy atom. The maximum atomic E-state index is 11.4. The SMILES string of the molecule is CCOC(=O)[C@@H]1COC(c2ccc([N+](=O)[O-])cc2)ON1. The first kappa shape index (κ1) is 14.4.